The van der Waals surface area contributed by atoms with E-state index in [2.05, 4.69) is 23.8 Å². The molecule has 0 spiro atoms. The van der Waals surface area contributed by atoms with E-state index in [1.165, 1.54) is 0 Å². The number of likely N-dealkylation sites (tertiary alicyclic amines) is 1. The molecule has 2 heterocycles. The molecule has 0 aliphatic carbocycles. The van der Waals surface area contributed by atoms with Gasteiger partial charge in [0.15, 0.2) is 0 Å². The Morgan fingerprint density at radius 3 is 2.07 bits per heavy atom. The molecular weight excluding hydrogens is 342 g/mol. The molecule has 2 aliphatic heterocycles. The second-order valence-corrected chi connectivity index (χ2v) is 7.75. The zero-order valence-electron chi connectivity index (χ0n) is 17.1. The first-order valence-electron chi connectivity index (χ1n) is 9.98. The van der Waals surface area contributed by atoms with Gasteiger partial charge >= 0.3 is 0 Å². The largest absolute Gasteiger partial charge is 0.496 e. The highest BCUT2D eigenvalue weighted by Gasteiger charge is 2.32. The molecule has 0 unspecified atom stereocenters. The fourth-order valence-corrected chi connectivity index (χ4v) is 4.33. The van der Waals surface area contributed by atoms with Crippen LogP contribution in [0.15, 0.2) is 18.2 Å². The van der Waals surface area contributed by atoms with Crippen molar-refractivity contribution in [2.24, 2.45) is 5.92 Å². The van der Waals surface area contributed by atoms with Gasteiger partial charge in [-0.25, -0.2) is 0 Å². The number of carbonyl (C=O) groups is 1. The number of benzene rings is 1. The molecule has 1 atom stereocenters. The fraction of sp³-hybridized carbons (Fsp3) is 0.667. The molecule has 0 bridgehead atoms. The Morgan fingerprint density at radius 1 is 1.00 bits per heavy atom. The van der Waals surface area contributed by atoms with Gasteiger partial charge in [-0.05, 0) is 44.9 Å². The lowest BCUT2D eigenvalue weighted by Gasteiger charge is -2.42. The molecule has 3 rings (SSSR count). The number of piperidine rings is 1. The van der Waals surface area contributed by atoms with Crippen LogP contribution in [0.5, 0.6) is 11.5 Å². The predicted molar refractivity (Wildman–Crippen MR) is 107 cm³/mol. The normalized spacial score (nSPS) is 21.1. The van der Waals surface area contributed by atoms with E-state index in [0.717, 1.165) is 52.1 Å². The minimum Gasteiger partial charge on any atom is -0.496 e. The van der Waals surface area contributed by atoms with Gasteiger partial charge in [0.05, 0.1) is 14.2 Å². The van der Waals surface area contributed by atoms with Crippen LogP contribution in [-0.4, -0.2) is 87.2 Å². The minimum atomic E-state index is 0.00926. The van der Waals surface area contributed by atoms with Crippen LogP contribution in [0.4, 0.5) is 0 Å². The van der Waals surface area contributed by atoms with Gasteiger partial charge in [0.2, 0.25) is 0 Å². The highest BCUT2D eigenvalue weighted by atomic mass is 16.5. The molecule has 0 radical (unpaired) electrons. The molecule has 0 saturated carbocycles. The van der Waals surface area contributed by atoms with Crippen molar-refractivity contribution < 1.29 is 14.3 Å². The lowest BCUT2D eigenvalue weighted by molar-refractivity contribution is 0.0496. The van der Waals surface area contributed by atoms with Crippen molar-refractivity contribution in [1.82, 2.24) is 14.7 Å². The smallest absolute Gasteiger partial charge is 0.261 e. The number of piperazine rings is 1. The molecule has 1 aromatic carbocycles. The van der Waals surface area contributed by atoms with Gasteiger partial charge in [-0.1, -0.05) is 6.07 Å². The molecule has 2 saturated heterocycles. The number of amides is 1. The van der Waals surface area contributed by atoms with Gasteiger partial charge in [-0.15, -0.1) is 0 Å². The Morgan fingerprint density at radius 2 is 1.56 bits per heavy atom. The highest BCUT2D eigenvalue weighted by molar-refractivity contribution is 5.99. The molecule has 2 aliphatic rings. The summed E-state index contributed by atoms with van der Waals surface area (Å²) >= 11 is 0. The van der Waals surface area contributed by atoms with Crippen molar-refractivity contribution in [3.05, 3.63) is 23.8 Å². The van der Waals surface area contributed by atoms with E-state index in [0.29, 0.717) is 29.0 Å². The van der Waals surface area contributed by atoms with Crippen LogP contribution in [0.1, 0.15) is 30.1 Å². The molecular formula is C21H33N3O3. The maximum Gasteiger partial charge on any atom is 0.261 e. The summed E-state index contributed by atoms with van der Waals surface area (Å²) in [6, 6.07) is 6.06. The van der Waals surface area contributed by atoms with Crippen LogP contribution < -0.4 is 9.47 Å². The first kappa shape index (κ1) is 20.0. The van der Waals surface area contributed by atoms with E-state index in [9.17, 15) is 4.79 Å². The molecule has 6 heteroatoms. The zero-order chi connectivity index (χ0) is 19.4. The van der Waals surface area contributed by atoms with Crippen LogP contribution >= 0.6 is 0 Å². The zero-order valence-corrected chi connectivity index (χ0v) is 17.1. The van der Waals surface area contributed by atoms with E-state index >= 15 is 0 Å². The maximum absolute atomic E-state index is 13.1. The summed E-state index contributed by atoms with van der Waals surface area (Å²) in [4.78, 5) is 20.1. The average Bonchev–Trinajstić information content (AvgIpc) is 2.72. The highest BCUT2D eigenvalue weighted by Crippen LogP contribution is 2.32. The quantitative estimate of drug-likeness (QED) is 0.789. The van der Waals surface area contributed by atoms with Gasteiger partial charge in [0.1, 0.15) is 17.1 Å². The summed E-state index contributed by atoms with van der Waals surface area (Å²) < 4.78 is 10.8. The van der Waals surface area contributed by atoms with Crippen molar-refractivity contribution in [3.8, 4) is 11.5 Å². The van der Waals surface area contributed by atoms with Gasteiger partial charge in [0, 0.05) is 45.3 Å². The van der Waals surface area contributed by atoms with E-state index in [1.54, 1.807) is 14.2 Å². The first-order chi connectivity index (χ1) is 13.0. The SMILES string of the molecule is COc1cccc(OC)c1C(=O)N1CCC([C@@H](C)N2CCN(C)CC2)CC1. The monoisotopic (exact) mass is 375 g/mol. The van der Waals surface area contributed by atoms with E-state index in [4.69, 9.17) is 9.47 Å². The number of carbonyl (C=O) groups excluding carboxylic acids is 1. The fourth-order valence-electron chi connectivity index (χ4n) is 4.33. The maximum atomic E-state index is 13.1. The number of methoxy groups -OCH3 is 2. The van der Waals surface area contributed by atoms with E-state index in [1.807, 2.05) is 23.1 Å². The van der Waals surface area contributed by atoms with Gasteiger partial charge in [-0.2, -0.15) is 0 Å². The molecule has 1 aromatic rings. The third-order valence-electron chi connectivity index (χ3n) is 6.26. The minimum absolute atomic E-state index is 0.00926. The second-order valence-electron chi connectivity index (χ2n) is 7.75. The van der Waals surface area contributed by atoms with Crippen molar-refractivity contribution >= 4 is 5.91 Å². The third kappa shape index (κ3) is 4.38. The molecule has 6 nitrogen and oxygen atoms in total. The summed E-state index contributed by atoms with van der Waals surface area (Å²) in [5, 5.41) is 0. The van der Waals surface area contributed by atoms with Crippen molar-refractivity contribution in [1.29, 1.82) is 0 Å². The standard InChI is InChI=1S/C21H33N3O3/c1-16(23-14-12-22(2)13-15-23)17-8-10-24(11-9-17)21(25)20-18(26-3)6-5-7-19(20)27-4/h5-7,16-17H,8-15H2,1-4H3/t16-/m1/s1. The van der Waals surface area contributed by atoms with Gasteiger partial charge < -0.3 is 19.3 Å². The number of rotatable bonds is 5. The molecule has 27 heavy (non-hydrogen) atoms. The summed E-state index contributed by atoms with van der Waals surface area (Å²) in [5.74, 6) is 1.81. The lowest BCUT2D eigenvalue weighted by Crippen LogP contribution is -2.52. The predicted octanol–water partition coefficient (Wildman–Crippen LogP) is 2.19. The summed E-state index contributed by atoms with van der Waals surface area (Å²) in [5.41, 5.74) is 0.535. The topological polar surface area (TPSA) is 45.3 Å². The number of hydrogen-bond acceptors (Lipinski definition) is 5. The number of ether oxygens (including phenoxy) is 2. The first-order valence-corrected chi connectivity index (χ1v) is 9.98. The van der Waals surface area contributed by atoms with E-state index < -0.39 is 0 Å². The summed E-state index contributed by atoms with van der Waals surface area (Å²) in [6.07, 6.45) is 2.10. The molecule has 2 fully saturated rings. The third-order valence-corrected chi connectivity index (χ3v) is 6.26. The van der Waals surface area contributed by atoms with Crippen LogP contribution in [-0.2, 0) is 0 Å². The Bertz CT molecular complexity index is 613. The Kier molecular flexibility index (Phi) is 6.60. The van der Waals surface area contributed by atoms with Gasteiger partial charge in [0.25, 0.3) is 5.91 Å². The van der Waals surface area contributed by atoms with Crippen LogP contribution in [0, 0.1) is 5.92 Å². The van der Waals surface area contributed by atoms with E-state index in [-0.39, 0.29) is 5.91 Å². The summed E-state index contributed by atoms with van der Waals surface area (Å²) in [6.45, 7) is 8.54. The van der Waals surface area contributed by atoms with Crippen LogP contribution in [0.25, 0.3) is 0 Å². The molecule has 1 amide bonds. The van der Waals surface area contributed by atoms with Gasteiger partial charge in [-0.3, -0.25) is 9.69 Å². The number of hydrogen-bond donors (Lipinski definition) is 0. The lowest BCUT2D eigenvalue weighted by atomic mass is 9.88. The number of nitrogens with zero attached hydrogens (tertiary/aromatic N) is 3. The van der Waals surface area contributed by atoms with Crippen LogP contribution in [0.2, 0.25) is 0 Å². The van der Waals surface area contributed by atoms with Crippen LogP contribution in [0.3, 0.4) is 0 Å². The Labute approximate surface area is 163 Å². The van der Waals surface area contributed by atoms with Crippen molar-refractivity contribution in [2.45, 2.75) is 25.8 Å². The molecule has 0 N–H and O–H groups in total. The van der Waals surface area contributed by atoms with Crippen molar-refractivity contribution in [2.75, 3.05) is 60.5 Å². The summed E-state index contributed by atoms with van der Waals surface area (Å²) in [7, 11) is 5.38. The van der Waals surface area contributed by atoms with Crippen molar-refractivity contribution in [3.63, 3.8) is 0 Å². The Hall–Kier alpha value is -1.79. The molecule has 150 valence electrons. The Balaban J connectivity index is 1.61. The second kappa shape index (κ2) is 8.93. The average molecular weight is 376 g/mol. The number of likely N-dealkylation sites (N-methyl/N-ethyl adjacent to an activating group) is 1. The molecule has 0 aromatic heterocycles.